The molecular weight excluding hydrogens is 228 g/mol. The van der Waals surface area contributed by atoms with Gasteiger partial charge in [-0.1, -0.05) is 6.92 Å². The van der Waals surface area contributed by atoms with Crippen LogP contribution in [0.3, 0.4) is 0 Å². The number of primary amides is 1. The molecule has 0 radical (unpaired) electrons. The van der Waals surface area contributed by atoms with Gasteiger partial charge in [0, 0.05) is 13.1 Å². The van der Waals surface area contributed by atoms with Crippen LogP contribution in [0.1, 0.15) is 36.5 Å². The molecule has 0 aromatic carbocycles. The van der Waals surface area contributed by atoms with Crippen molar-refractivity contribution < 1.29 is 4.79 Å². The van der Waals surface area contributed by atoms with E-state index in [1.165, 1.54) is 6.42 Å². The molecule has 1 aromatic rings. The third-order valence-electron chi connectivity index (χ3n) is 3.53. The highest BCUT2D eigenvalue weighted by molar-refractivity contribution is 5.99. The van der Waals surface area contributed by atoms with Gasteiger partial charge < -0.3 is 16.4 Å². The average Bonchev–Trinajstić information content (AvgIpc) is 2.54. The summed E-state index contributed by atoms with van der Waals surface area (Å²) in [6.45, 7) is 4.14. The van der Waals surface area contributed by atoms with E-state index in [-0.39, 0.29) is 0 Å². The van der Waals surface area contributed by atoms with Crippen LogP contribution in [-0.2, 0) is 0 Å². The van der Waals surface area contributed by atoms with E-state index in [1.807, 2.05) is 0 Å². The van der Waals surface area contributed by atoms with Gasteiger partial charge in [-0.2, -0.15) is 0 Å². The van der Waals surface area contributed by atoms with Gasteiger partial charge in [0.1, 0.15) is 5.82 Å². The number of amides is 1. The summed E-state index contributed by atoms with van der Waals surface area (Å²) >= 11 is 0. The van der Waals surface area contributed by atoms with Crippen molar-refractivity contribution >= 4 is 17.4 Å². The Hall–Kier alpha value is -1.78. The first-order valence-electron chi connectivity index (χ1n) is 6.38. The minimum atomic E-state index is -0.448. The minimum Gasteiger partial charge on any atom is -0.384 e. The molecule has 0 aliphatic carbocycles. The second-order valence-electron chi connectivity index (χ2n) is 5.01. The van der Waals surface area contributed by atoms with Gasteiger partial charge in [-0.15, -0.1) is 0 Å². The van der Waals surface area contributed by atoms with E-state index in [2.05, 4.69) is 16.8 Å². The number of aromatic nitrogens is 1. The Morgan fingerprint density at radius 2 is 2.22 bits per heavy atom. The molecule has 2 rings (SSSR count). The SMILES string of the molecule is CC1CCCN(c2cnc(N)cc2C(N)=O)CC1. The fourth-order valence-electron chi connectivity index (χ4n) is 2.42. The molecule has 1 atom stereocenters. The minimum absolute atomic E-state index is 0.329. The Morgan fingerprint density at radius 1 is 1.44 bits per heavy atom. The Bertz CT molecular complexity index is 447. The summed E-state index contributed by atoms with van der Waals surface area (Å²) in [5, 5.41) is 0. The molecule has 5 nitrogen and oxygen atoms in total. The number of carbonyl (C=O) groups is 1. The number of nitrogens with zero attached hydrogens (tertiary/aromatic N) is 2. The van der Waals surface area contributed by atoms with Gasteiger partial charge in [0.2, 0.25) is 0 Å². The number of nitrogen functional groups attached to an aromatic ring is 1. The molecule has 4 N–H and O–H groups in total. The van der Waals surface area contributed by atoms with Gasteiger partial charge in [0.05, 0.1) is 17.4 Å². The fourth-order valence-corrected chi connectivity index (χ4v) is 2.42. The van der Waals surface area contributed by atoms with Crippen molar-refractivity contribution in [3.05, 3.63) is 17.8 Å². The molecule has 98 valence electrons. The van der Waals surface area contributed by atoms with Crippen molar-refractivity contribution in [1.82, 2.24) is 4.98 Å². The van der Waals surface area contributed by atoms with E-state index in [0.717, 1.165) is 37.5 Å². The van der Waals surface area contributed by atoms with Crippen LogP contribution in [0.25, 0.3) is 0 Å². The highest BCUT2D eigenvalue weighted by Gasteiger charge is 2.19. The molecule has 1 saturated heterocycles. The molecule has 1 unspecified atom stereocenters. The summed E-state index contributed by atoms with van der Waals surface area (Å²) in [5.74, 6) is 0.612. The van der Waals surface area contributed by atoms with Crippen LogP contribution in [0, 0.1) is 5.92 Å². The van der Waals surface area contributed by atoms with Gasteiger partial charge in [-0.3, -0.25) is 4.79 Å². The Morgan fingerprint density at radius 3 is 2.94 bits per heavy atom. The largest absolute Gasteiger partial charge is 0.384 e. The van der Waals surface area contributed by atoms with Crippen LogP contribution in [0.5, 0.6) is 0 Å². The normalized spacial score (nSPS) is 20.5. The lowest BCUT2D eigenvalue weighted by molar-refractivity contribution is 0.100. The molecule has 0 saturated carbocycles. The highest BCUT2D eigenvalue weighted by Crippen LogP contribution is 2.25. The first-order chi connectivity index (χ1) is 8.58. The van der Waals surface area contributed by atoms with Crippen LogP contribution in [0.4, 0.5) is 11.5 Å². The van der Waals surface area contributed by atoms with E-state index in [9.17, 15) is 4.79 Å². The van der Waals surface area contributed by atoms with Gasteiger partial charge in [-0.25, -0.2) is 4.98 Å². The molecule has 1 aromatic heterocycles. The molecular formula is C13H20N4O. The molecule has 2 heterocycles. The number of rotatable bonds is 2. The van der Waals surface area contributed by atoms with Crippen molar-refractivity contribution in [1.29, 1.82) is 0 Å². The summed E-state index contributed by atoms with van der Waals surface area (Å²) in [6.07, 6.45) is 5.14. The maximum absolute atomic E-state index is 11.5. The molecule has 0 bridgehead atoms. The Labute approximate surface area is 107 Å². The van der Waals surface area contributed by atoms with Crippen LogP contribution in [0.15, 0.2) is 12.3 Å². The zero-order valence-electron chi connectivity index (χ0n) is 10.7. The number of anilines is 2. The third kappa shape index (κ3) is 2.72. The maximum Gasteiger partial charge on any atom is 0.251 e. The Balaban J connectivity index is 2.29. The smallest absolute Gasteiger partial charge is 0.251 e. The van der Waals surface area contributed by atoms with Crippen LogP contribution < -0.4 is 16.4 Å². The number of nitrogens with two attached hydrogens (primary N) is 2. The number of carbonyl (C=O) groups excluding carboxylic acids is 1. The lowest BCUT2D eigenvalue weighted by Crippen LogP contribution is -2.27. The summed E-state index contributed by atoms with van der Waals surface area (Å²) < 4.78 is 0. The van der Waals surface area contributed by atoms with Crippen molar-refractivity contribution in [2.75, 3.05) is 23.7 Å². The number of hydrogen-bond donors (Lipinski definition) is 2. The summed E-state index contributed by atoms with van der Waals surface area (Å²) in [6, 6.07) is 1.56. The van der Waals surface area contributed by atoms with Gasteiger partial charge >= 0.3 is 0 Å². The second kappa shape index (κ2) is 5.25. The maximum atomic E-state index is 11.5. The lowest BCUT2D eigenvalue weighted by atomic mass is 10.0. The zero-order chi connectivity index (χ0) is 13.1. The van der Waals surface area contributed by atoms with Crippen molar-refractivity contribution in [2.45, 2.75) is 26.2 Å². The van der Waals surface area contributed by atoms with E-state index in [4.69, 9.17) is 11.5 Å². The quantitative estimate of drug-likeness (QED) is 0.828. The molecule has 1 aliphatic heterocycles. The first-order valence-corrected chi connectivity index (χ1v) is 6.38. The molecule has 5 heteroatoms. The van der Waals surface area contributed by atoms with Crippen LogP contribution in [0.2, 0.25) is 0 Å². The van der Waals surface area contributed by atoms with Crippen molar-refractivity contribution in [3.8, 4) is 0 Å². The highest BCUT2D eigenvalue weighted by atomic mass is 16.1. The zero-order valence-corrected chi connectivity index (χ0v) is 10.7. The predicted molar refractivity (Wildman–Crippen MR) is 72.4 cm³/mol. The molecule has 1 amide bonds. The average molecular weight is 248 g/mol. The van der Waals surface area contributed by atoms with Crippen molar-refractivity contribution in [3.63, 3.8) is 0 Å². The van der Waals surface area contributed by atoms with Crippen LogP contribution in [-0.4, -0.2) is 24.0 Å². The third-order valence-corrected chi connectivity index (χ3v) is 3.53. The van der Waals surface area contributed by atoms with Crippen molar-refractivity contribution in [2.24, 2.45) is 11.7 Å². The topological polar surface area (TPSA) is 85.2 Å². The van der Waals surface area contributed by atoms with E-state index < -0.39 is 5.91 Å². The number of hydrogen-bond acceptors (Lipinski definition) is 4. The molecule has 18 heavy (non-hydrogen) atoms. The lowest BCUT2D eigenvalue weighted by Gasteiger charge is -2.24. The summed E-state index contributed by atoms with van der Waals surface area (Å²) in [4.78, 5) is 17.7. The first kappa shape index (κ1) is 12.7. The summed E-state index contributed by atoms with van der Waals surface area (Å²) in [7, 11) is 0. The molecule has 1 aliphatic rings. The fraction of sp³-hybridized carbons (Fsp3) is 0.538. The standard InChI is InChI=1S/C13H20N4O/c1-9-3-2-5-17(6-4-9)11-8-16-12(14)7-10(11)13(15)18/h7-9H,2-6H2,1H3,(H2,14,16)(H2,15,18). The predicted octanol–water partition coefficient (Wildman–Crippen LogP) is 1.39. The van der Waals surface area contributed by atoms with Gasteiger partial charge in [-0.05, 0) is 31.2 Å². The van der Waals surface area contributed by atoms with E-state index in [0.29, 0.717) is 11.4 Å². The Kier molecular flexibility index (Phi) is 3.69. The summed E-state index contributed by atoms with van der Waals surface area (Å²) in [5.41, 5.74) is 12.3. The molecule has 0 spiro atoms. The van der Waals surface area contributed by atoms with E-state index in [1.54, 1.807) is 12.3 Å². The van der Waals surface area contributed by atoms with Gasteiger partial charge in [0.25, 0.3) is 5.91 Å². The second-order valence-corrected chi connectivity index (χ2v) is 5.01. The van der Waals surface area contributed by atoms with Crippen LogP contribution >= 0.6 is 0 Å². The van der Waals surface area contributed by atoms with E-state index >= 15 is 0 Å². The monoisotopic (exact) mass is 248 g/mol. The number of pyridine rings is 1. The molecule has 1 fully saturated rings. The van der Waals surface area contributed by atoms with Gasteiger partial charge in [0.15, 0.2) is 0 Å².